The molecule has 2 N–H and O–H groups in total. The van der Waals surface area contributed by atoms with Crippen LogP contribution < -0.4 is 10.8 Å². The average Bonchev–Trinajstić information content (AvgIpc) is 2.69. The van der Waals surface area contributed by atoms with Gasteiger partial charge in [0.05, 0.1) is 5.97 Å². The summed E-state index contributed by atoms with van der Waals surface area (Å²) in [7, 11) is 0. The number of carboxylic acid groups (broad SMARTS) is 1. The van der Waals surface area contributed by atoms with E-state index in [1.54, 1.807) is 12.1 Å². The molecular formula is C26H30NO2-. The van der Waals surface area contributed by atoms with Crippen LogP contribution in [0.15, 0.2) is 72.8 Å². The summed E-state index contributed by atoms with van der Waals surface area (Å²) in [5.41, 5.74) is 11.8. The molecule has 0 aliphatic heterocycles. The fraction of sp³-hybridized carbons (Fsp3) is 0.269. The molecule has 0 fully saturated rings. The highest BCUT2D eigenvalue weighted by Gasteiger charge is 2.09. The van der Waals surface area contributed by atoms with Gasteiger partial charge < -0.3 is 15.6 Å². The fourth-order valence-corrected chi connectivity index (χ4v) is 3.30. The summed E-state index contributed by atoms with van der Waals surface area (Å²) in [6, 6.07) is 23.1. The second-order valence-electron chi connectivity index (χ2n) is 7.77. The highest BCUT2D eigenvalue weighted by molar-refractivity contribution is 5.87. The Labute approximate surface area is 174 Å². The van der Waals surface area contributed by atoms with Gasteiger partial charge in [0.2, 0.25) is 0 Å². The molecule has 3 heteroatoms. The van der Waals surface area contributed by atoms with Gasteiger partial charge in [-0.3, -0.25) is 0 Å². The van der Waals surface area contributed by atoms with Crippen molar-refractivity contribution in [2.75, 3.05) is 5.73 Å². The number of hydrogen-bond acceptors (Lipinski definition) is 3. The first-order valence-electron chi connectivity index (χ1n) is 10.0. The van der Waals surface area contributed by atoms with E-state index in [4.69, 9.17) is 5.73 Å². The number of anilines is 1. The van der Waals surface area contributed by atoms with Crippen molar-refractivity contribution >= 4 is 11.7 Å². The van der Waals surface area contributed by atoms with Gasteiger partial charge in [-0.15, -0.1) is 0 Å². The molecule has 0 amide bonds. The molecule has 0 aromatic heterocycles. The van der Waals surface area contributed by atoms with E-state index in [9.17, 15) is 9.90 Å². The molecule has 3 aromatic carbocycles. The van der Waals surface area contributed by atoms with Gasteiger partial charge in [0, 0.05) is 11.3 Å². The molecule has 3 rings (SSSR count). The lowest BCUT2D eigenvalue weighted by Gasteiger charge is -2.15. The molecule has 3 aromatic rings. The number of carbonyl (C=O) groups excluding carboxylic acids is 1. The number of aromatic carboxylic acids is 1. The van der Waals surface area contributed by atoms with Gasteiger partial charge in [0.25, 0.3) is 0 Å². The minimum atomic E-state index is -1.12. The van der Waals surface area contributed by atoms with Crippen LogP contribution in [0.4, 0.5) is 5.69 Å². The van der Waals surface area contributed by atoms with Crippen LogP contribution in [-0.2, 0) is 6.42 Å². The molecule has 0 spiro atoms. The molecule has 0 bridgehead atoms. The molecule has 0 radical (unpaired) electrons. The number of nitrogen functional groups attached to an aromatic ring is 1. The molecule has 0 saturated carbocycles. The second-order valence-corrected chi connectivity index (χ2v) is 7.77. The van der Waals surface area contributed by atoms with Crippen LogP contribution in [0.1, 0.15) is 72.1 Å². The number of carbonyl (C=O) groups is 1. The summed E-state index contributed by atoms with van der Waals surface area (Å²) in [5.74, 6) is -0.0936. The Bertz CT molecular complexity index is 904. The third-order valence-electron chi connectivity index (χ3n) is 4.89. The maximum absolute atomic E-state index is 10.9. The van der Waals surface area contributed by atoms with Crippen LogP contribution in [-0.4, -0.2) is 5.97 Å². The van der Waals surface area contributed by atoms with Gasteiger partial charge in [0.1, 0.15) is 0 Å². The zero-order valence-corrected chi connectivity index (χ0v) is 17.7. The van der Waals surface area contributed by atoms with E-state index in [1.807, 2.05) is 42.5 Å². The highest BCUT2D eigenvalue weighted by atomic mass is 16.4. The van der Waals surface area contributed by atoms with Crippen molar-refractivity contribution in [2.24, 2.45) is 0 Å². The number of carboxylic acids is 1. The lowest BCUT2D eigenvalue weighted by molar-refractivity contribution is -0.255. The maximum atomic E-state index is 10.9. The summed E-state index contributed by atoms with van der Waals surface area (Å²) in [6.45, 7) is 8.71. The normalized spacial score (nSPS) is 10.6. The van der Waals surface area contributed by atoms with Crippen molar-refractivity contribution < 1.29 is 9.90 Å². The Kier molecular flexibility index (Phi) is 8.02. The monoisotopic (exact) mass is 388 g/mol. The van der Waals surface area contributed by atoms with Crippen LogP contribution in [0, 0.1) is 0 Å². The van der Waals surface area contributed by atoms with E-state index in [1.165, 1.54) is 11.1 Å². The molecular weight excluding hydrogens is 358 g/mol. The van der Waals surface area contributed by atoms with Crippen LogP contribution in [0.5, 0.6) is 0 Å². The Morgan fingerprint density at radius 1 is 0.793 bits per heavy atom. The van der Waals surface area contributed by atoms with Gasteiger partial charge in [-0.05, 0) is 40.5 Å². The second kappa shape index (κ2) is 10.5. The van der Waals surface area contributed by atoms with Gasteiger partial charge >= 0.3 is 0 Å². The largest absolute Gasteiger partial charge is 0.545 e. The summed E-state index contributed by atoms with van der Waals surface area (Å²) in [6.07, 6.45) is 0.616. The predicted octanol–water partition coefficient (Wildman–Crippen LogP) is 5.16. The Morgan fingerprint density at radius 2 is 1.31 bits per heavy atom. The molecule has 152 valence electrons. The number of para-hydroxylation sites is 1. The van der Waals surface area contributed by atoms with Crippen LogP contribution in [0.2, 0.25) is 0 Å². The lowest BCUT2D eigenvalue weighted by Crippen LogP contribution is -2.23. The van der Waals surface area contributed by atoms with E-state index >= 15 is 0 Å². The van der Waals surface area contributed by atoms with E-state index in [0.717, 1.165) is 16.8 Å². The number of rotatable bonds is 5. The Morgan fingerprint density at radius 3 is 1.83 bits per heavy atom. The predicted molar refractivity (Wildman–Crippen MR) is 119 cm³/mol. The third kappa shape index (κ3) is 6.21. The Balaban J connectivity index is 0.000000212. The number of benzene rings is 3. The first-order valence-corrected chi connectivity index (χ1v) is 10.0. The van der Waals surface area contributed by atoms with Crippen molar-refractivity contribution in [3.8, 4) is 0 Å². The Hall–Kier alpha value is -3.07. The van der Waals surface area contributed by atoms with E-state index < -0.39 is 5.97 Å². The molecule has 0 atom stereocenters. The van der Waals surface area contributed by atoms with Crippen molar-refractivity contribution in [3.05, 3.63) is 101 Å². The average molecular weight is 389 g/mol. The van der Waals surface area contributed by atoms with Crippen LogP contribution in [0.3, 0.4) is 0 Å². The SMILES string of the molecule is CC(C)c1cccc(C(C)C)c1N.O=C([O-])c1ccccc1Cc1ccccc1. The standard InChI is InChI=1S/C14H12O2.C12H19N/c15-14(16)13-9-5-4-8-12(13)10-11-6-2-1-3-7-11;1-8(2)10-6-5-7-11(9(3)4)12(10)13/h1-9H,10H2,(H,15,16);5-9H,13H2,1-4H3/p-1. The minimum absolute atomic E-state index is 0.270. The zero-order chi connectivity index (χ0) is 21.4. The van der Waals surface area contributed by atoms with Crippen molar-refractivity contribution in [2.45, 2.75) is 46.0 Å². The molecule has 0 unspecified atom stereocenters. The van der Waals surface area contributed by atoms with E-state index in [0.29, 0.717) is 18.3 Å². The molecule has 0 heterocycles. The molecule has 29 heavy (non-hydrogen) atoms. The summed E-state index contributed by atoms with van der Waals surface area (Å²) >= 11 is 0. The number of hydrogen-bond donors (Lipinski definition) is 1. The van der Waals surface area contributed by atoms with Crippen molar-refractivity contribution in [1.82, 2.24) is 0 Å². The fourth-order valence-electron chi connectivity index (χ4n) is 3.30. The van der Waals surface area contributed by atoms with Crippen LogP contribution in [0.25, 0.3) is 0 Å². The van der Waals surface area contributed by atoms with Gasteiger partial charge in [-0.1, -0.05) is 100 Å². The molecule has 0 aliphatic carbocycles. The molecule has 0 aliphatic rings. The first kappa shape index (κ1) is 22.2. The third-order valence-corrected chi connectivity index (χ3v) is 4.89. The first-order chi connectivity index (χ1) is 13.8. The summed E-state index contributed by atoms with van der Waals surface area (Å²) < 4.78 is 0. The smallest absolute Gasteiger partial charge is 0.0718 e. The van der Waals surface area contributed by atoms with Crippen LogP contribution >= 0.6 is 0 Å². The van der Waals surface area contributed by atoms with Crippen molar-refractivity contribution in [1.29, 1.82) is 0 Å². The number of nitrogens with two attached hydrogens (primary N) is 1. The van der Waals surface area contributed by atoms with Crippen molar-refractivity contribution in [3.63, 3.8) is 0 Å². The maximum Gasteiger partial charge on any atom is 0.0718 e. The summed E-state index contributed by atoms with van der Waals surface area (Å²) in [5, 5.41) is 10.9. The summed E-state index contributed by atoms with van der Waals surface area (Å²) in [4.78, 5) is 10.9. The molecule has 0 saturated heterocycles. The minimum Gasteiger partial charge on any atom is -0.545 e. The zero-order valence-electron chi connectivity index (χ0n) is 17.7. The lowest BCUT2D eigenvalue weighted by atomic mass is 9.93. The quantitative estimate of drug-likeness (QED) is 0.614. The van der Waals surface area contributed by atoms with Gasteiger partial charge in [0.15, 0.2) is 0 Å². The van der Waals surface area contributed by atoms with Gasteiger partial charge in [-0.25, -0.2) is 0 Å². The highest BCUT2D eigenvalue weighted by Crippen LogP contribution is 2.29. The van der Waals surface area contributed by atoms with E-state index in [-0.39, 0.29) is 5.56 Å². The van der Waals surface area contributed by atoms with E-state index in [2.05, 4.69) is 45.9 Å². The van der Waals surface area contributed by atoms with Gasteiger partial charge in [-0.2, -0.15) is 0 Å². The topological polar surface area (TPSA) is 66.2 Å². The molecule has 3 nitrogen and oxygen atoms in total.